The van der Waals surface area contributed by atoms with Gasteiger partial charge in [0, 0.05) is 28.1 Å². The first kappa shape index (κ1) is 28.2. The first-order valence-electron chi connectivity index (χ1n) is 16.8. The maximum atomic E-state index is 6.47. The molecule has 0 aliphatic heterocycles. The number of benzene rings is 7. The number of anilines is 2. The quantitative estimate of drug-likeness (QED) is 0.184. The molecule has 2 heterocycles. The van der Waals surface area contributed by atoms with Gasteiger partial charge in [0.25, 0.3) is 0 Å². The lowest BCUT2D eigenvalue weighted by Gasteiger charge is -2.13. The molecule has 234 valence electrons. The smallest absolute Gasteiger partial charge is 0.143 e. The lowest BCUT2D eigenvalue weighted by Crippen LogP contribution is -1.92. The van der Waals surface area contributed by atoms with E-state index in [2.05, 4.69) is 151 Å². The van der Waals surface area contributed by atoms with E-state index in [4.69, 9.17) is 8.83 Å². The van der Waals surface area contributed by atoms with Crippen LogP contribution in [0.15, 0.2) is 172 Å². The summed E-state index contributed by atoms with van der Waals surface area (Å²) >= 11 is 0. The largest absolute Gasteiger partial charge is 0.456 e. The van der Waals surface area contributed by atoms with E-state index in [0.717, 1.165) is 77.9 Å². The summed E-state index contributed by atoms with van der Waals surface area (Å²) in [5.74, 6) is 0.870. The van der Waals surface area contributed by atoms with E-state index in [1.807, 2.05) is 30.4 Å². The summed E-state index contributed by atoms with van der Waals surface area (Å²) in [5.41, 5.74) is 18.2. The predicted molar refractivity (Wildman–Crippen MR) is 207 cm³/mol. The lowest BCUT2D eigenvalue weighted by atomic mass is 9.91. The third-order valence-corrected chi connectivity index (χ3v) is 9.72. The molecule has 0 bridgehead atoms. The molecule has 2 aromatic heterocycles. The van der Waals surface area contributed by atoms with Crippen LogP contribution in [0.5, 0.6) is 0 Å². The average molecular weight is 640 g/mol. The van der Waals surface area contributed by atoms with Gasteiger partial charge in [-0.2, -0.15) is 0 Å². The Morgan fingerprint density at radius 3 is 1.74 bits per heavy atom. The molecule has 0 atom stereocenters. The van der Waals surface area contributed by atoms with Crippen molar-refractivity contribution in [2.45, 2.75) is 0 Å². The van der Waals surface area contributed by atoms with Crippen LogP contribution >= 0.6 is 0 Å². The molecular weight excluding hydrogens is 611 g/mol. The molecule has 1 aliphatic rings. The highest BCUT2D eigenvalue weighted by molar-refractivity contribution is 6.17. The van der Waals surface area contributed by atoms with Crippen LogP contribution in [0.2, 0.25) is 0 Å². The summed E-state index contributed by atoms with van der Waals surface area (Å²) in [7, 11) is 0. The molecule has 0 fully saturated rings. The first-order chi connectivity index (χ1) is 24.8. The van der Waals surface area contributed by atoms with Gasteiger partial charge in [0.1, 0.15) is 22.5 Å². The maximum Gasteiger partial charge on any atom is 0.143 e. The Kier molecular flexibility index (Phi) is 6.45. The number of hydrogen-bond donors (Lipinski definition) is 1. The van der Waals surface area contributed by atoms with Crippen molar-refractivity contribution in [3.8, 4) is 44.5 Å². The second-order valence-electron chi connectivity index (χ2n) is 12.7. The molecule has 0 radical (unpaired) electrons. The number of furan rings is 2. The summed E-state index contributed by atoms with van der Waals surface area (Å²) in [6, 6.07) is 55.5. The van der Waals surface area contributed by atoms with Gasteiger partial charge < -0.3 is 14.2 Å². The van der Waals surface area contributed by atoms with E-state index in [1.165, 1.54) is 22.3 Å². The normalized spacial score (nSPS) is 11.9. The Hall–Kier alpha value is -6.80. The fourth-order valence-electron chi connectivity index (χ4n) is 7.44. The van der Waals surface area contributed by atoms with Crippen molar-refractivity contribution in [2.75, 3.05) is 5.32 Å². The van der Waals surface area contributed by atoms with Crippen LogP contribution in [0, 0.1) is 0 Å². The van der Waals surface area contributed by atoms with Crippen molar-refractivity contribution in [3.63, 3.8) is 0 Å². The monoisotopic (exact) mass is 639 g/mol. The van der Waals surface area contributed by atoms with Gasteiger partial charge in [-0.15, -0.1) is 5.73 Å². The molecule has 9 aromatic rings. The van der Waals surface area contributed by atoms with Gasteiger partial charge in [0.05, 0.1) is 11.1 Å². The molecular formula is C47H29NO2. The Balaban J connectivity index is 1.04. The Labute approximate surface area is 289 Å². The highest BCUT2D eigenvalue weighted by Crippen LogP contribution is 2.43. The second kappa shape index (κ2) is 11.4. The van der Waals surface area contributed by atoms with E-state index in [1.54, 1.807) is 0 Å². The molecule has 1 aliphatic carbocycles. The van der Waals surface area contributed by atoms with Crippen molar-refractivity contribution in [1.82, 2.24) is 0 Å². The van der Waals surface area contributed by atoms with Crippen LogP contribution < -0.4 is 5.32 Å². The summed E-state index contributed by atoms with van der Waals surface area (Å²) in [5, 5.41) is 7.00. The SMILES string of the molecule is C1=Cc2oc3cccc(-c4ccc(Nc5cccc6oc7cccc(-c8cccc(-c9ccccc9-c9ccccc9)c8)c7c56)cc4)c3c2C=1. The number of fused-ring (bicyclic) bond motifs is 6. The Bertz CT molecular complexity index is 2810. The van der Waals surface area contributed by atoms with E-state index >= 15 is 0 Å². The molecule has 0 saturated heterocycles. The minimum Gasteiger partial charge on any atom is -0.456 e. The van der Waals surface area contributed by atoms with Gasteiger partial charge in [-0.3, -0.25) is 0 Å². The van der Waals surface area contributed by atoms with E-state index < -0.39 is 0 Å². The lowest BCUT2D eigenvalue weighted by molar-refractivity contribution is 0.604. The summed E-state index contributed by atoms with van der Waals surface area (Å²) in [6.45, 7) is 0. The number of rotatable bonds is 6. The zero-order valence-electron chi connectivity index (χ0n) is 27.0. The first-order valence-corrected chi connectivity index (χ1v) is 16.8. The molecule has 0 amide bonds. The molecule has 3 nitrogen and oxygen atoms in total. The minimum absolute atomic E-state index is 0.849. The molecule has 1 N–H and O–H groups in total. The van der Waals surface area contributed by atoms with Crippen molar-refractivity contribution in [2.24, 2.45) is 0 Å². The van der Waals surface area contributed by atoms with Crippen LogP contribution in [-0.4, -0.2) is 0 Å². The third kappa shape index (κ3) is 4.61. The van der Waals surface area contributed by atoms with Gasteiger partial charge in [-0.25, -0.2) is 0 Å². The minimum atomic E-state index is 0.849. The molecule has 0 saturated carbocycles. The van der Waals surface area contributed by atoms with Crippen molar-refractivity contribution >= 4 is 56.4 Å². The van der Waals surface area contributed by atoms with Gasteiger partial charge in [-0.05, 0) is 93.0 Å². The highest BCUT2D eigenvalue weighted by Gasteiger charge is 2.19. The molecule has 7 aromatic carbocycles. The highest BCUT2D eigenvalue weighted by atomic mass is 16.3. The average Bonchev–Trinajstić information content (AvgIpc) is 3.89. The second-order valence-corrected chi connectivity index (χ2v) is 12.7. The van der Waals surface area contributed by atoms with Crippen LogP contribution in [0.3, 0.4) is 0 Å². The molecule has 0 spiro atoms. The van der Waals surface area contributed by atoms with E-state index in [0.29, 0.717) is 0 Å². The van der Waals surface area contributed by atoms with Crippen molar-refractivity contribution in [3.05, 3.63) is 175 Å². The molecule has 3 heteroatoms. The zero-order valence-corrected chi connectivity index (χ0v) is 27.0. The standard InChI is InChI=1S/C47H29NO2/c1-2-11-30(12-3-1)35-15-4-5-16-36(35)32-13-6-14-33(29-32)38-18-8-23-43-46(38)47-40(20-10-24-44(47)50-43)48-34-27-25-31(26-28-34)37-17-7-22-42-45(37)39-19-9-21-41(39)49-42/h1-8,10-29,48H. The van der Waals surface area contributed by atoms with Crippen LogP contribution in [0.25, 0.3) is 89.6 Å². The maximum absolute atomic E-state index is 6.47. The summed E-state index contributed by atoms with van der Waals surface area (Å²) < 4.78 is 12.5. The molecule has 0 unspecified atom stereocenters. The topological polar surface area (TPSA) is 38.3 Å². The van der Waals surface area contributed by atoms with E-state index in [9.17, 15) is 0 Å². The van der Waals surface area contributed by atoms with Crippen molar-refractivity contribution in [1.29, 1.82) is 0 Å². The third-order valence-electron chi connectivity index (χ3n) is 9.72. The fourth-order valence-corrected chi connectivity index (χ4v) is 7.44. The molecule has 50 heavy (non-hydrogen) atoms. The Morgan fingerprint density at radius 1 is 0.400 bits per heavy atom. The Morgan fingerprint density at radius 2 is 0.960 bits per heavy atom. The number of hydrogen-bond acceptors (Lipinski definition) is 3. The van der Waals surface area contributed by atoms with Gasteiger partial charge in [0.15, 0.2) is 0 Å². The fraction of sp³-hybridized carbons (Fsp3) is 0. The van der Waals surface area contributed by atoms with Crippen LogP contribution in [-0.2, 0) is 0 Å². The van der Waals surface area contributed by atoms with Crippen molar-refractivity contribution < 1.29 is 8.83 Å². The van der Waals surface area contributed by atoms with Crippen LogP contribution in [0.4, 0.5) is 11.4 Å². The van der Waals surface area contributed by atoms with Gasteiger partial charge >= 0.3 is 0 Å². The number of nitrogens with one attached hydrogen (secondary N) is 1. The summed E-state index contributed by atoms with van der Waals surface area (Å²) in [4.78, 5) is 0. The van der Waals surface area contributed by atoms with Gasteiger partial charge in [0.2, 0.25) is 0 Å². The van der Waals surface area contributed by atoms with E-state index in [-0.39, 0.29) is 0 Å². The van der Waals surface area contributed by atoms with Gasteiger partial charge in [-0.1, -0.05) is 115 Å². The van der Waals surface area contributed by atoms with Crippen LogP contribution in [0.1, 0.15) is 11.3 Å². The molecule has 10 rings (SSSR count). The summed E-state index contributed by atoms with van der Waals surface area (Å²) in [6.07, 6.45) is 3.91. The zero-order chi connectivity index (χ0) is 33.0. The predicted octanol–water partition coefficient (Wildman–Crippen LogP) is 13.4.